The fourth-order valence-corrected chi connectivity index (χ4v) is 5.04. The predicted molar refractivity (Wildman–Crippen MR) is 104 cm³/mol. The average Bonchev–Trinajstić information content (AvgIpc) is 3.17. The second kappa shape index (κ2) is 7.11. The van der Waals surface area contributed by atoms with E-state index in [9.17, 15) is 18.5 Å². The number of aromatic amines is 1. The lowest BCUT2D eigenvalue weighted by molar-refractivity contribution is 0.0700. The fraction of sp³-hybridized carbons (Fsp3) is 0.200. The molecule has 3 aromatic rings. The summed E-state index contributed by atoms with van der Waals surface area (Å²) in [7, 11) is -3.78. The molecule has 2 heterocycles. The highest BCUT2D eigenvalue weighted by atomic mass is 32.2. The molecule has 0 spiro atoms. The molecular weight excluding hydrogens is 376 g/mol. The van der Waals surface area contributed by atoms with Crippen molar-refractivity contribution in [2.24, 2.45) is 0 Å². The molecular formula is C20H18N4O3S. The molecule has 1 aliphatic rings. The van der Waals surface area contributed by atoms with E-state index in [1.54, 1.807) is 23.2 Å². The van der Waals surface area contributed by atoms with Crippen LogP contribution in [0.1, 0.15) is 15.9 Å². The van der Waals surface area contributed by atoms with Gasteiger partial charge in [0, 0.05) is 43.3 Å². The lowest BCUT2D eigenvalue weighted by Crippen LogP contribution is -2.50. The van der Waals surface area contributed by atoms with Gasteiger partial charge in [0.2, 0.25) is 10.0 Å². The molecule has 0 aliphatic carbocycles. The number of carbonyl (C=O) groups is 1. The van der Waals surface area contributed by atoms with Crippen molar-refractivity contribution in [3.63, 3.8) is 0 Å². The Kier molecular flexibility index (Phi) is 4.63. The van der Waals surface area contributed by atoms with Gasteiger partial charge in [0.25, 0.3) is 5.91 Å². The summed E-state index contributed by atoms with van der Waals surface area (Å²) in [5.41, 5.74) is 1.60. The number of carbonyl (C=O) groups excluding carboxylic acids is 1. The van der Waals surface area contributed by atoms with Crippen LogP contribution in [0, 0.1) is 11.3 Å². The summed E-state index contributed by atoms with van der Waals surface area (Å²) in [6.45, 7) is 0.977. The van der Waals surface area contributed by atoms with Crippen LogP contribution in [0.4, 0.5) is 0 Å². The number of rotatable bonds is 3. The van der Waals surface area contributed by atoms with E-state index in [4.69, 9.17) is 0 Å². The standard InChI is InChI=1S/C20H18N4O3S/c21-13-15-5-1-4-8-19(15)28(26,27)24-11-9-23(10-12-24)20(25)17-14-22-18-7-3-2-6-16(17)18/h1-8,14,22H,9-12H2. The highest BCUT2D eigenvalue weighted by Crippen LogP contribution is 2.23. The van der Waals surface area contributed by atoms with Gasteiger partial charge in [-0.05, 0) is 18.2 Å². The van der Waals surface area contributed by atoms with Gasteiger partial charge in [0.1, 0.15) is 6.07 Å². The first-order valence-electron chi connectivity index (χ1n) is 8.87. The normalized spacial score (nSPS) is 15.5. The Morgan fingerprint density at radius 3 is 2.43 bits per heavy atom. The number of nitrogens with zero attached hydrogens (tertiary/aromatic N) is 3. The Balaban J connectivity index is 1.52. The first-order valence-corrected chi connectivity index (χ1v) is 10.3. The number of sulfonamides is 1. The summed E-state index contributed by atoms with van der Waals surface area (Å²) >= 11 is 0. The summed E-state index contributed by atoms with van der Waals surface area (Å²) in [6.07, 6.45) is 1.69. The Morgan fingerprint density at radius 2 is 1.68 bits per heavy atom. The third-order valence-electron chi connectivity index (χ3n) is 4.97. The van der Waals surface area contributed by atoms with E-state index in [2.05, 4.69) is 4.98 Å². The van der Waals surface area contributed by atoms with Crippen molar-refractivity contribution in [1.82, 2.24) is 14.2 Å². The van der Waals surface area contributed by atoms with Crippen LogP contribution in [0.15, 0.2) is 59.6 Å². The SMILES string of the molecule is N#Cc1ccccc1S(=O)(=O)N1CCN(C(=O)c2c[nH]c3ccccc23)CC1. The predicted octanol–water partition coefficient (Wildman–Crippen LogP) is 2.19. The highest BCUT2D eigenvalue weighted by Gasteiger charge is 2.32. The molecule has 0 radical (unpaired) electrons. The lowest BCUT2D eigenvalue weighted by Gasteiger charge is -2.34. The second-order valence-electron chi connectivity index (χ2n) is 6.55. The zero-order valence-electron chi connectivity index (χ0n) is 15.0. The third-order valence-corrected chi connectivity index (χ3v) is 6.93. The van der Waals surface area contributed by atoms with Crippen molar-refractivity contribution in [2.75, 3.05) is 26.2 Å². The molecule has 142 valence electrons. The van der Waals surface area contributed by atoms with Crippen molar-refractivity contribution in [3.8, 4) is 6.07 Å². The van der Waals surface area contributed by atoms with Crippen LogP contribution in [0.25, 0.3) is 10.9 Å². The monoisotopic (exact) mass is 394 g/mol. The summed E-state index contributed by atoms with van der Waals surface area (Å²) in [5.74, 6) is -0.119. The fourth-order valence-electron chi connectivity index (χ4n) is 3.47. The average molecular weight is 394 g/mol. The quantitative estimate of drug-likeness (QED) is 0.736. The number of hydrogen-bond donors (Lipinski definition) is 1. The van der Waals surface area contributed by atoms with Crippen molar-refractivity contribution >= 4 is 26.8 Å². The molecule has 1 fully saturated rings. The number of amides is 1. The van der Waals surface area contributed by atoms with E-state index >= 15 is 0 Å². The molecule has 1 aromatic heterocycles. The second-order valence-corrected chi connectivity index (χ2v) is 8.46. The molecule has 8 heteroatoms. The Hall–Kier alpha value is -3.15. The van der Waals surface area contributed by atoms with Crippen LogP contribution in [0.2, 0.25) is 0 Å². The largest absolute Gasteiger partial charge is 0.360 e. The van der Waals surface area contributed by atoms with E-state index in [-0.39, 0.29) is 29.5 Å². The Bertz CT molecular complexity index is 1190. The number of fused-ring (bicyclic) bond motifs is 1. The summed E-state index contributed by atoms with van der Waals surface area (Å²) in [4.78, 5) is 17.7. The van der Waals surface area contributed by atoms with Gasteiger partial charge >= 0.3 is 0 Å². The minimum absolute atomic E-state index is 0.00825. The maximum absolute atomic E-state index is 12.9. The van der Waals surface area contributed by atoms with E-state index in [1.165, 1.54) is 16.4 Å². The van der Waals surface area contributed by atoms with Crippen LogP contribution in [0.5, 0.6) is 0 Å². The van der Waals surface area contributed by atoms with E-state index < -0.39 is 10.0 Å². The van der Waals surface area contributed by atoms with Gasteiger partial charge in [-0.25, -0.2) is 8.42 Å². The molecule has 2 aromatic carbocycles. The number of hydrogen-bond acceptors (Lipinski definition) is 4. The van der Waals surface area contributed by atoms with Crippen molar-refractivity contribution in [2.45, 2.75) is 4.90 Å². The van der Waals surface area contributed by atoms with Crippen LogP contribution in [-0.4, -0.2) is 54.7 Å². The number of para-hydroxylation sites is 1. The molecule has 1 N–H and O–H groups in total. The highest BCUT2D eigenvalue weighted by molar-refractivity contribution is 7.89. The minimum Gasteiger partial charge on any atom is -0.360 e. The molecule has 0 bridgehead atoms. The molecule has 1 amide bonds. The molecule has 1 saturated heterocycles. The summed E-state index contributed by atoms with van der Waals surface area (Å²) in [6, 6.07) is 15.7. The molecule has 7 nitrogen and oxygen atoms in total. The molecule has 0 saturated carbocycles. The number of H-pyrrole nitrogens is 1. The first-order chi connectivity index (χ1) is 13.5. The minimum atomic E-state index is -3.78. The maximum atomic E-state index is 12.9. The molecule has 4 rings (SSSR count). The van der Waals surface area contributed by atoms with Gasteiger partial charge in [-0.2, -0.15) is 9.57 Å². The zero-order valence-corrected chi connectivity index (χ0v) is 15.8. The number of nitriles is 1. The smallest absolute Gasteiger partial charge is 0.256 e. The summed E-state index contributed by atoms with van der Waals surface area (Å²) < 4.78 is 27.2. The van der Waals surface area contributed by atoms with E-state index in [1.807, 2.05) is 30.3 Å². The molecule has 0 unspecified atom stereocenters. The molecule has 1 aliphatic heterocycles. The number of benzene rings is 2. The van der Waals surface area contributed by atoms with Crippen LogP contribution in [0.3, 0.4) is 0 Å². The maximum Gasteiger partial charge on any atom is 0.256 e. The van der Waals surface area contributed by atoms with Gasteiger partial charge in [0.05, 0.1) is 16.0 Å². The van der Waals surface area contributed by atoms with Crippen LogP contribution >= 0.6 is 0 Å². The van der Waals surface area contributed by atoms with Crippen LogP contribution < -0.4 is 0 Å². The van der Waals surface area contributed by atoms with Gasteiger partial charge < -0.3 is 9.88 Å². The Morgan fingerprint density at radius 1 is 1.00 bits per heavy atom. The van der Waals surface area contributed by atoms with Crippen LogP contribution in [-0.2, 0) is 10.0 Å². The third kappa shape index (κ3) is 3.05. The van der Waals surface area contributed by atoms with Gasteiger partial charge in [-0.15, -0.1) is 0 Å². The van der Waals surface area contributed by atoms with Crippen molar-refractivity contribution in [1.29, 1.82) is 5.26 Å². The Labute approximate surface area is 162 Å². The van der Waals surface area contributed by atoms with Crippen molar-refractivity contribution < 1.29 is 13.2 Å². The number of aromatic nitrogens is 1. The molecule has 28 heavy (non-hydrogen) atoms. The summed E-state index contributed by atoms with van der Waals surface area (Å²) in [5, 5.41) is 10.1. The van der Waals surface area contributed by atoms with Crippen molar-refractivity contribution in [3.05, 3.63) is 65.9 Å². The lowest BCUT2D eigenvalue weighted by atomic mass is 10.1. The first kappa shape index (κ1) is 18.2. The van der Waals surface area contributed by atoms with E-state index in [0.29, 0.717) is 18.7 Å². The van der Waals surface area contributed by atoms with Gasteiger partial charge in [-0.1, -0.05) is 30.3 Å². The molecule has 0 atom stereocenters. The number of piperazine rings is 1. The van der Waals surface area contributed by atoms with Gasteiger partial charge in [-0.3, -0.25) is 4.79 Å². The van der Waals surface area contributed by atoms with E-state index in [0.717, 1.165) is 10.9 Å². The zero-order chi connectivity index (χ0) is 19.7. The van der Waals surface area contributed by atoms with Gasteiger partial charge in [0.15, 0.2) is 0 Å². The number of nitrogens with one attached hydrogen (secondary N) is 1. The topological polar surface area (TPSA) is 97.3 Å².